The SMILES string of the molecule is O=C(O)/C=C/Cc1nc(-c2ccccn2)cs1. The third-order valence-corrected chi connectivity index (χ3v) is 2.90. The standard InChI is InChI=1S/C12H10N2O2S/c15-12(16)6-3-5-11-14-10(8-17-11)9-4-1-2-7-13-9/h1-4,6-8H,5H2,(H,15,16)/b6-3+. The van der Waals surface area contributed by atoms with Crippen LogP contribution in [0.25, 0.3) is 11.4 Å². The molecule has 0 aromatic carbocycles. The largest absolute Gasteiger partial charge is 0.478 e. The smallest absolute Gasteiger partial charge is 0.327 e. The summed E-state index contributed by atoms with van der Waals surface area (Å²) in [6.45, 7) is 0. The Labute approximate surface area is 102 Å². The summed E-state index contributed by atoms with van der Waals surface area (Å²) in [6.07, 6.45) is 4.97. The lowest BCUT2D eigenvalue weighted by Crippen LogP contribution is -1.88. The van der Waals surface area contributed by atoms with Gasteiger partial charge in [-0.2, -0.15) is 0 Å². The van der Waals surface area contributed by atoms with E-state index in [-0.39, 0.29) is 0 Å². The third kappa shape index (κ3) is 3.22. The predicted octanol–water partition coefficient (Wildman–Crippen LogP) is 2.39. The molecule has 5 heteroatoms. The zero-order valence-electron chi connectivity index (χ0n) is 8.91. The molecule has 0 aliphatic heterocycles. The Morgan fingerprint density at radius 1 is 1.41 bits per heavy atom. The van der Waals surface area contributed by atoms with Crippen LogP contribution >= 0.6 is 11.3 Å². The van der Waals surface area contributed by atoms with Gasteiger partial charge < -0.3 is 5.11 Å². The summed E-state index contributed by atoms with van der Waals surface area (Å²) < 4.78 is 0. The molecule has 0 aliphatic rings. The van der Waals surface area contributed by atoms with Crippen LogP contribution in [0.5, 0.6) is 0 Å². The van der Waals surface area contributed by atoms with E-state index in [2.05, 4.69) is 9.97 Å². The molecular formula is C12H10N2O2S. The van der Waals surface area contributed by atoms with Crippen LogP contribution in [-0.2, 0) is 11.2 Å². The Morgan fingerprint density at radius 2 is 2.29 bits per heavy atom. The van der Waals surface area contributed by atoms with Crippen molar-refractivity contribution in [3.05, 3.63) is 46.9 Å². The van der Waals surface area contributed by atoms with E-state index < -0.39 is 5.97 Å². The van der Waals surface area contributed by atoms with Crippen LogP contribution in [0.15, 0.2) is 41.9 Å². The maximum absolute atomic E-state index is 10.3. The molecule has 0 fully saturated rings. The molecule has 0 aliphatic carbocycles. The highest BCUT2D eigenvalue weighted by molar-refractivity contribution is 7.09. The Balaban J connectivity index is 2.09. The predicted molar refractivity (Wildman–Crippen MR) is 65.8 cm³/mol. The van der Waals surface area contributed by atoms with Crippen molar-refractivity contribution in [2.45, 2.75) is 6.42 Å². The highest BCUT2D eigenvalue weighted by Gasteiger charge is 2.03. The maximum atomic E-state index is 10.3. The minimum Gasteiger partial charge on any atom is -0.478 e. The van der Waals surface area contributed by atoms with Crippen molar-refractivity contribution >= 4 is 17.3 Å². The average molecular weight is 246 g/mol. The van der Waals surface area contributed by atoms with Crippen LogP contribution in [-0.4, -0.2) is 21.0 Å². The summed E-state index contributed by atoms with van der Waals surface area (Å²) in [5.41, 5.74) is 1.66. The van der Waals surface area contributed by atoms with Gasteiger partial charge in [0.2, 0.25) is 0 Å². The van der Waals surface area contributed by atoms with Gasteiger partial charge in [-0.1, -0.05) is 12.1 Å². The molecule has 2 aromatic heterocycles. The summed E-state index contributed by atoms with van der Waals surface area (Å²) >= 11 is 1.50. The van der Waals surface area contributed by atoms with E-state index in [0.717, 1.165) is 22.5 Å². The van der Waals surface area contributed by atoms with Crippen LogP contribution in [0, 0.1) is 0 Å². The van der Waals surface area contributed by atoms with E-state index in [0.29, 0.717) is 6.42 Å². The summed E-state index contributed by atoms with van der Waals surface area (Å²) in [5, 5.41) is 11.3. The number of allylic oxidation sites excluding steroid dienone is 1. The van der Waals surface area contributed by atoms with Gasteiger partial charge in [-0.15, -0.1) is 11.3 Å². The maximum Gasteiger partial charge on any atom is 0.327 e. The van der Waals surface area contributed by atoms with Crippen LogP contribution in [0.4, 0.5) is 0 Å². The Morgan fingerprint density at radius 3 is 3.00 bits per heavy atom. The van der Waals surface area contributed by atoms with Gasteiger partial charge in [0.15, 0.2) is 0 Å². The molecule has 0 atom stereocenters. The second-order valence-corrected chi connectivity index (χ2v) is 4.23. The van der Waals surface area contributed by atoms with E-state index in [1.54, 1.807) is 12.3 Å². The van der Waals surface area contributed by atoms with Gasteiger partial charge >= 0.3 is 5.97 Å². The van der Waals surface area contributed by atoms with Gasteiger partial charge in [0.05, 0.1) is 16.4 Å². The van der Waals surface area contributed by atoms with E-state index in [1.165, 1.54) is 11.3 Å². The van der Waals surface area contributed by atoms with Crippen molar-refractivity contribution in [2.75, 3.05) is 0 Å². The summed E-state index contributed by atoms with van der Waals surface area (Å²) in [5.74, 6) is -0.938. The first-order valence-corrected chi connectivity index (χ1v) is 5.89. The first-order chi connectivity index (χ1) is 8.25. The number of hydrogen-bond donors (Lipinski definition) is 1. The first kappa shape index (κ1) is 11.5. The highest BCUT2D eigenvalue weighted by Crippen LogP contribution is 2.19. The quantitative estimate of drug-likeness (QED) is 0.841. The minimum atomic E-state index is -0.938. The number of carboxylic acids is 1. The second kappa shape index (κ2) is 5.36. The number of carbonyl (C=O) groups is 1. The lowest BCUT2D eigenvalue weighted by Gasteiger charge is -1.92. The van der Waals surface area contributed by atoms with Gasteiger partial charge in [0.25, 0.3) is 0 Å². The number of rotatable bonds is 4. The summed E-state index contributed by atoms with van der Waals surface area (Å²) in [6, 6.07) is 5.66. The topological polar surface area (TPSA) is 63.1 Å². The molecule has 0 radical (unpaired) electrons. The molecule has 1 N–H and O–H groups in total. The van der Waals surface area contributed by atoms with Crippen molar-refractivity contribution in [2.24, 2.45) is 0 Å². The zero-order valence-corrected chi connectivity index (χ0v) is 9.72. The zero-order chi connectivity index (χ0) is 12.1. The molecule has 0 saturated carbocycles. The number of aliphatic carboxylic acids is 1. The molecule has 17 heavy (non-hydrogen) atoms. The molecule has 4 nitrogen and oxygen atoms in total. The Hall–Kier alpha value is -2.01. The number of pyridine rings is 1. The fourth-order valence-electron chi connectivity index (χ4n) is 1.30. The van der Waals surface area contributed by atoms with Crippen molar-refractivity contribution in [1.29, 1.82) is 0 Å². The monoisotopic (exact) mass is 246 g/mol. The van der Waals surface area contributed by atoms with E-state index in [4.69, 9.17) is 5.11 Å². The van der Waals surface area contributed by atoms with Crippen LogP contribution in [0.1, 0.15) is 5.01 Å². The lowest BCUT2D eigenvalue weighted by atomic mass is 10.3. The molecule has 2 rings (SSSR count). The third-order valence-electron chi connectivity index (χ3n) is 2.03. The Bertz CT molecular complexity index is 534. The van der Waals surface area contributed by atoms with Crippen molar-refractivity contribution in [3.63, 3.8) is 0 Å². The van der Waals surface area contributed by atoms with Gasteiger partial charge in [-0.05, 0) is 12.1 Å². The molecule has 86 valence electrons. The van der Waals surface area contributed by atoms with E-state index >= 15 is 0 Å². The molecule has 0 spiro atoms. The van der Waals surface area contributed by atoms with E-state index in [1.807, 2.05) is 23.6 Å². The second-order valence-electron chi connectivity index (χ2n) is 3.29. The van der Waals surface area contributed by atoms with Crippen molar-refractivity contribution in [3.8, 4) is 11.4 Å². The summed E-state index contributed by atoms with van der Waals surface area (Å²) in [7, 11) is 0. The number of thiazole rings is 1. The molecule has 0 bridgehead atoms. The van der Waals surface area contributed by atoms with E-state index in [9.17, 15) is 4.79 Å². The average Bonchev–Trinajstić information content (AvgIpc) is 2.78. The van der Waals surface area contributed by atoms with Gasteiger partial charge in [-0.3, -0.25) is 4.98 Å². The lowest BCUT2D eigenvalue weighted by molar-refractivity contribution is -0.131. The molecule has 2 aromatic rings. The van der Waals surface area contributed by atoms with Crippen LogP contribution < -0.4 is 0 Å². The normalized spacial score (nSPS) is 10.8. The fourth-order valence-corrected chi connectivity index (χ4v) is 2.06. The van der Waals surface area contributed by atoms with Crippen molar-refractivity contribution in [1.82, 2.24) is 9.97 Å². The molecule has 0 amide bonds. The van der Waals surface area contributed by atoms with Gasteiger partial charge in [-0.25, -0.2) is 9.78 Å². The minimum absolute atomic E-state index is 0.532. The van der Waals surface area contributed by atoms with Crippen molar-refractivity contribution < 1.29 is 9.90 Å². The fraction of sp³-hybridized carbons (Fsp3) is 0.0833. The van der Waals surface area contributed by atoms with Gasteiger partial charge in [0.1, 0.15) is 0 Å². The molecule has 0 unspecified atom stereocenters. The number of carboxylic acid groups (broad SMARTS) is 1. The summed E-state index contributed by atoms with van der Waals surface area (Å²) in [4.78, 5) is 18.9. The molecule has 0 saturated heterocycles. The highest BCUT2D eigenvalue weighted by atomic mass is 32.1. The Kier molecular flexibility index (Phi) is 3.62. The molecular weight excluding hydrogens is 236 g/mol. The van der Waals surface area contributed by atoms with Crippen LogP contribution in [0.3, 0.4) is 0 Å². The number of hydrogen-bond acceptors (Lipinski definition) is 4. The van der Waals surface area contributed by atoms with Crippen LogP contribution in [0.2, 0.25) is 0 Å². The van der Waals surface area contributed by atoms with Gasteiger partial charge in [0, 0.05) is 24.1 Å². The number of nitrogens with zero attached hydrogens (tertiary/aromatic N) is 2. The first-order valence-electron chi connectivity index (χ1n) is 5.01. The molecule has 2 heterocycles. The number of aromatic nitrogens is 2.